The van der Waals surface area contributed by atoms with Crippen LogP contribution in [0.15, 0.2) is 12.1 Å². The van der Waals surface area contributed by atoms with Crippen LogP contribution in [-0.2, 0) is 6.67 Å². The minimum absolute atomic E-state index is 0.352. The largest absolute Gasteiger partial charge is 0.246 e. The second kappa shape index (κ2) is 3.13. The number of rotatable bonds is 1. The first-order valence-electron chi connectivity index (χ1n) is 2.84. The molecule has 0 N–H and O–H groups in total. The third kappa shape index (κ3) is 1.66. The van der Waals surface area contributed by atoms with Gasteiger partial charge >= 0.3 is 0 Å². The van der Waals surface area contributed by atoms with Gasteiger partial charge in [0.25, 0.3) is 0 Å². The van der Waals surface area contributed by atoms with Crippen molar-refractivity contribution in [2.45, 2.75) is 6.67 Å². The highest BCUT2D eigenvalue weighted by Gasteiger charge is 2.08. The Hall–Kier alpha value is -0.700. The van der Waals surface area contributed by atoms with Gasteiger partial charge in [0.2, 0.25) is 0 Å². The summed E-state index contributed by atoms with van der Waals surface area (Å²) in [6, 6.07) is 1.58. The highest BCUT2D eigenvalue weighted by molar-refractivity contribution is 6.30. The molecule has 0 saturated heterocycles. The number of alkyl halides is 1. The van der Waals surface area contributed by atoms with Gasteiger partial charge in [-0.15, -0.1) is 0 Å². The fourth-order valence-corrected chi connectivity index (χ4v) is 0.932. The molecule has 11 heavy (non-hydrogen) atoms. The van der Waals surface area contributed by atoms with Crippen molar-refractivity contribution >= 4 is 11.6 Å². The van der Waals surface area contributed by atoms with Crippen LogP contribution in [0.25, 0.3) is 0 Å². The van der Waals surface area contributed by atoms with Gasteiger partial charge in [-0.3, -0.25) is 0 Å². The highest BCUT2D eigenvalue weighted by Crippen LogP contribution is 2.20. The number of benzene rings is 1. The van der Waals surface area contributed by atoms with Crippen LogP contribution >= 0.6 is 11.6 Å². The summed E-state index contributed by atoms with van der Waals surface area (Å²) in [6.45, 7) is -1.05. The van der Waals surface area contributed by atoms with E-state index in [4.69, 9.17) is 11.6 Å². The first kappa shape index (κ1) is 8.40. The summed E-state index contributed by atoms with van der Waals surface area (Å²) in [6.07, 6.45) is 0. The van der Waals surface area contributed by atoms with Gasteiger partial charge in [0.05, 0.1) is 5.02 Å². The van der Waals surface area contributed by atoms with Crippen LogP contribution < -0.4 is 0 Å². The van der Waals surface area contributed by atoms with Crippen molar-refractivity contribution in [1.29, 1.82) is 0 Å². The molecule has 0 heterocycles. The van der Waals surface area contributed by atoms with Gasteiger partial charge < -0.3 is 0 Å². The molecule has 60 valence electrons. The standard InChI is InChI=1S/C7H4ClF3/c8-6-2-5(10)1-4(3-9)7(6)11/h1-2H,3H2. The molecule has 0 radical (unpaired) electrons. The van der Waals surface area contributed by atoms with E-state index in [9.17, 15) is 13.2 Å². The second-order valence-electron chi connectivity index (χ2n) is 1.99. The Morgan fingerprint density at radius 1 is 1.27 bits per heavy atom. The molecule has 0 atom stereocenters. The summed E-state index contributed by atoms with van der Waals surface area (Å²) in [7, 11) is 0. The Bertz CT molecular complexity index is 273. The lowest BCUT2D eigenvalue weighted by Crippen LogP contribution is -1.89. The number of hydrogen-bond acceptors (Lipinski definition) is 0. The summed E-state index contributed by atoms with van der Waals surface area (Å²) in [4.78, 5) is 0. The maximum absolute atomic E-state index is 12.6. The van der Waals surface area contributed by atoms with E-state index in [-0.39, 0.29) is 5.56 Å². The minimum atomic E-state index is -1.05. The molecular weight excluding hydrogens is 177 g/mol. The molecule has 0 saturated carbocycles. The molecule has 0 amide bonds. The minimum Gasteiger partial charge on any atom is -0.246 e. The van der Waals surface area contributed by atoms with Crippen LogP contribution in [0.1, 0.15) is 5.56 Å². The van der Waals surface area contributed by atoms with Crippen molar-refractivity contribution in [3.63, 3.8) is 0 Å². The molecule has 1 aromatic rings. The van der Waals surface area contributed by atoms with Gasteiger partial charge in [-0.25, -0.2) is 13.2 Å². The normalized spacial score (nSPS) is 10.2. The van der Waals surface area contributed by atoms with E-state index in [1.165, 1.54) is 0 Å². The van der Waals surface area contributed by atoms with Crippen LogP contribution in [0.3, 0.4) is 0 Å². The van der Waals surface area contributed by atoms with E-state index in [1.807, 2.05) is 0 Å². The molecule has 0 nitrogen and oxygen atoms in total. The van der Waals surface area contributed by atoms with Crippen LogP contribution in [0, 0.1) is 11.6 Å². The molecule has 1 aromatic carbocycles. The fraction of sp³-hybridized carbons (Fsp3) is 0.143. The molecule has 0 aliphatic rings. The Labute approximate surface area is 66.6 Å². The van der Waals surface area contributed by atoms with Gasteiger partial charge in [-0.1, -0.05) is 11.6 Å². The van der Waals surface area contributed by atoms with E-state index in [2.05, 4.69) is 0 Å². The van der Waals surface area contributed by atoms with Crippen molar-refractivity contribution in [2.24, 2.45) is 0 Å². The van der Waals surface area contributed by atoms with Crippen molar-refractivity contribution in [1.82, 2.24) is 0 Å². The smallest absolute Gasteiger partial charge is 0.147 e. The fourth-order valence-electron chi connectivity index (χ4n) is 0.707. The van der Waals surface area contributed by atoms with Gasteiger partial charge in [0.1, 0.15) is 18.3 Å². The Balaban J connectivity index is 3.24. The second-order valence-corrected chi connectivity index (χ2v) is 2.40. The van der Waals surface area contributed by atoms with E-state index in [0.29, 0.717) is 0 Å². The molecule has 0 aliphatic heterocycles. The summed E-state index contributed by atoms with van der Waals surface area (Å²) < 4.78 is 36.9. The topological polar surface area (TPSA) is 0 Å². The van der Waals surface area contributed by atoms with Crippen LogP contribution in [0.4, 0.5) is 13.2 Å². The number of hydrogen-bond donors (Lipinski definition) is 0. The van der Waals surface area contributed by atoms with Gasteiger partial charge in [-0.2, -0.15) is 0 Å². The third-order valence-corrected chi connectivity index (χ3v) is 1.49. The molecule has 0 bridgehead atoms. The van der Waals surface area contributed by atoms with E-state index < -0.39 is 23.3 Å². The molecule has 0 fully saturated rings. The van der Waals surface area contributed by atoms with Crippen molar-refractivity contribution in [2.75, 3.05) is 0 Å². The third-order valence-electron chi connectivity index (χ3n) is 1.21. The molecular formula is C7H4ClF3. The average molecular weight is 181 g/mol. The lowest BCUT2D eigenvalue weighted by atomic mass is 10.2. The summed E-state index contributed by atoms with van der Waals surface area (Å²) in [5, 5.41) is -0.391. The molecule has 0 unspecified atom stereocenters. The predicted molar refractivity (Wildman–Crippen MR) is 36.2 cm³/mol. The van der Waals surface area contributed by atoms with Gasteiger partial charge in [0.15, 0.2) is 0 Å². The molecule has 4 heteroatoms. The Morgan fingerprint density at radius 3 is 2.45 bits per heavy atom. The van der Waals surface area contributed by atoms with E-state index >= 15 is 0 Å². The Kier molecular flexibility index (Phi) is 2.39. The van der Waals surface area contributed by atoms with Crippen molar-refractivity contribution < 1.29 is 13.2 Å². The lowest BCUT2D eigenvalue weighted by Gasteiger charge is -1.99. The van der Waals surface area contributed by atoms with Crippen molar-refractivity contribution in [3.8, 4) is 0 Å². The quantitative estimate of drug-likeness (QED) is 0.583. The lowest BCUT2D eigenvalue weighted by molar-refractivity contribution is 0.460. The van der Waals surface area contributed by atoms with Gasteiger partial charge in [-0.05, 0) is 12.1 Å². The van der Waals surface area contributed by atoms with E-state index in [1.54, 1.807) is 0 Å². The molecule has 0 spiro atoms. The summed E-state index contributed by atoms with van der Waals surface area (Å²) in [5.74, 6) is -1.63. The zero-order valence-electron chi connectivity index (χ0n) is 5.37. The first-order valence-corrected chi connectivity index (χ1v) is 3.22. The SMILES string of the molecule is FCc1cc(F)cc(Cl)c1F. The van der Waals surface area contributed by atoms with Crippen LogP contribution in [0.5, 0.6) is 0 Å². The van der Waals surface area contributed by atoms with E-state index in [0.717, 1.165) is 12.1 Å². The molecule has 0 aliphatic carbocycles. The summed E-state index contributed by atoms with van der Waals surface area (Å²) in [5.41, 5.74) is -0.352. The van der Waals surface area contributed by atoms with Crippen LogP contribution in [-0.4, -0.2) is 0 Å². The first-order chi connectivity index (χ1) is 5.15. The van der Waals surface area contributed by atoms with Crippen molar-refractivity contribution in [3.05, 3.63) is 34.4 Å². The maximum Gasteiger partial charge on any atom is 0.147 e. The Morgan fingerprint density at radius 2 is 1.91 bits per heavy atom. The summed E-state index contributed by atoms with van der Waals surface area (Å²) >= 11 is 5.22. The molecule has 0 aromatic heterocycles. The average Bonchev–Trinajstić information content (AvgIpc) is 1.96. The maximum atomic E-state index is 12.6. The van der Waals surface area contributed by atoms with Crippen LogP contribution in [0.2, 0.25) is 5.02 Å². The molecule has 1 rings (SSSR count). The zero-order valence-corrected chi connectivity index (χ0v) is 6.13. The monoisotopic (exact) mass is 180 g/mol. The van der Waals surface area contributed by atoms with Gasteiger partial charge in [0, 0.05) is 5.56 Å². The zero-order chi connectivity index (χ0) is 8.43. The number of halogens is 4. The highest BCUT2D eigenvalue weighted by atomic mass is 35.5. The predicted octanol–water partition coefficient (Wildman–Crippen LogP) is 3.09.